The molecule has 0 aliphatic carbocycles. The van der Waals surface area contributed by atoms with Gasteiger partial charge >= 0.3 is 0 Å². The highest BCUT2D eigenvalue weighted by atomic mass is 32.1. The lowest BCUT2D eigenvalue weighted by Gasteiger charge is -2.14. The number of nitrogens with two attached hydrogens (primary N) is 1. The van der Waals surface area contributed by atoms with Gasteiger partial charge in [0.1, 0.15) is 12.4 Å². The molecule has 22 heavy (non-hydrogen) atoms. The summed E-state index contributed by atoms with van der Waals surface area (Å²) < 4.78 is 31.6. The fraction of sp³-hybridized carbons (Fsp3) is 0.267. The Morgan fingerprint density at radius 1 is 1.32 bits per heavy atom. The molecule has 0 bridgehead atoms. The normalized spacial score (nSPS) is 11.2. The molecule has 0 unspecified atom stereocenters. The van der Waals surface area contributed by atoms with Crippen molar-refractivity contribution in [3.05, 3.63) is 52.2 Å². The Morgan fingerprint density at radius 2 is 2.14 bits per heavy atom. The standard InChI is InChI=1S/C15H16F2N2O2S/c16-15(17,9-18)10-19-14(20)11-3-1-4-12(7-11)21-8-13-5-2-6-22-13/h1-7H,8-10,18H2,(H,19,20). The molecule has 118 valence electrons. The molecular formula is C15H16F2N2O2S. The zero-order chi connectivity index (χ0) is 16.0. The maximum Gasteiger partial charge on any atom is 0.277 e. The second-order valence-corrected chi connectivity index (χ2v) is 5.67. The third kappa shape index (κ3) is 4.78. The predicted octanol–water partition coefficient (Wildman–Crippen LogP) is 2.65. The van der Waals surface area contributed by atoms with Gasteiger partial charge in [-0.1, -0.05) is 12.1 Å². The van der Waals surface area contributed by atoms with Crippen LogP contribution < -0.4 is 15.8 Å². The van der Waals surface area contributed by atoms with Crippen LogP contribution in [0.25, 0.3) is 0 Å². The number of hydrogen-bond donors (Lipinski definition) is 2. The molecule has 0 atom stereocenters. The highest BCUT2D eigenvalue weighted by Gasteiger charge is 2.27. The second-order valence-electron chi connectivity index (χ2n) is 4.64. The Bertz CT molecular complexity index is 618. The van der Waals surface area contributed by atoms with Crippen molar-refractivity contribution < 1.29 is 18.3 Å². The lowest BCUT2D eigenvalue weighted by molar-refractivity contribution is 0.0118. The number of alkyl halides is 2. The first-order chi connectivity index (χ1) is 10.5. The van der Waals surface area contributed by atoms with Crippen LogP contribution in [0, 0.1) is 0 Å². The molecule has 0 saturated heterocycles. The molecule has 2 aromatic rings. The summed E-state index contributed by atoms with van der Waals surface area (Å²) in [5, 5.41) is 4.11. The average Bonchev–Trinajstić information content (AvgIpc) is 3.04. The van der Waals surface area contributed by atoms with E-state index in [2.05, 4.69) is 5.32 Å². The van der Waals surface area contributed by atoms with Gasteiger partial charge in [-0.2, -0.15) is 0 Å². The van der Waals surface area contributed by atoms with Crippen molar-refractivity contribution in [2.75, 3.05) is 13.1 Å². The van der Waals surface area contributed by atoms with Gasteiger partial charge in [-0.3, -0.25) is 4.79 Å². The number of ether oxygens (including phenoxy) is 1. The van der Waals surface area contributed by atoms with E-state index < -0.39 is 24.9 Å². The van der Waals surface area contributed by atoms with E-state index in [1.165, 1.54) is 12.1 Å². The number of amides is 1. The second kappa shape index (κ2) is 7.33. The highest BCUT2D eigenvalue weighted by Crippen LogP contribution is 2.17. The van der Waals surface area contributed by atoms with Crippen molar-refractivity contribution in [2.45, 2.75) is 12.5 Å². The van der Waals surface area contributed by atoms with Crippen molar-refractivity contribution in [3.8, 4) is 5.75 Å². The minimum Gasteiger partial charge on any atom is -0.488 e. The van der Waals surface area contributed by atoms with Gasteiger partial charge in [0.05, 0.1) is 13.1 Å². The van der Waals surface area contributed by atoms with Crippen LogP contribution in [0.5, 0.6) is 5.75 Å². The molecule has 0 fully saturated rings. The molecule has 1 heterocycles. The van der Waals surface area contributed by atoms with Crippen LogP contribution >= 0.6 is 11.3 Å². The van der Waals surface area contributed by atoms with Crippen molar-refractivity contribution >= 4 is 17.2 Å². The molecule has 2 rings (SSSR count). The Labute approximate surface area is 130 Å². The number of thiophene rings is 1. The van der Waals surface area contributed by atoms with Crippen LogP contribution in [-0.2, 0) is 6.61 Å². The largest absolute Gasteiger partial charge is 0.488 e. The van der Waals surface area contributed by atoms with Crippen LogP contribution in [0.15, 0.2) is 41.8 Å². The summed E-state index contributed by atoms with van der Waals surface area (Å²) >= 11 is 1.57. The van der Waals surface area contributed by atoms with Gasteiger partial charge in [0.15, 0.2) is 0 Å². The molecule has 1 aromatic carbocycles. The van der Waals surface area contributed by atoms with Crippen molar-refractivity contribution in [2.24, 2.45) is 5.73 Å². The number of halogens is 2. The summed E-state index contributed by atoms with van der Waals surface area (Å²) in [7, 11) is 0. The summed E-state index contributed by atoms with van der Waals surface area (Å²) in [6, 6.07) is 10.3. The van der Waals surface area contributed by atoms with Gasteiger partial charge in [-0.05, 0) is 29.6 Å². The van der Waals surface area contributed by atoms with Crippen LogP contribution in [0.4, 0.5) is 8.78 Å². The predicted molar refractivity (Wildman–Crippen MR) is 81.4 cm³/mol. The quantitative estimate of drug-likeness (QED) is 0.822. The summed E-state index contributed by atoms with van der Waals surface area (Å²) in [6.45, 7) is -1.20. The maximum absolute atomic E-state index is 13.0. The molecule has 0 aliphatic rings. The lowest BCUT2D eigenvalue weighted by Crippen LogP contribution is -2.41. The first-order valence-corrected chi connectivity index (χ1v) is 7.49. The summed E-state index contributed by atoms with van der Waals surface area (Å²) in [5.41, 5.74) is 5.18. The van der Waals surface area contributed by atoms with Crippen molar-refractivity contribution in [3.63, 3.8) is 0 Å². The highest BCUT2D eigenvalue weighted by molar-refractivity contribution is 7.09. The van der Waals surface area contributed by atoms with E-state index in [0.29, 0.717) is 12.4 Å². The van der Waals surface area contributed by atoms with Gasteiger partial charge < -0.3 is 15.8 Å². The van der Waals surface area contributed by atoms with E-state index in [0.717, 1.165) is 4.88 Å². The SMILES string of the molecule is NCC(F)(F)CNC(=O)c1cccc(OCc2cccs2)c1. The van der Waals surface area contributed by atoms with Gasteiger partial charge in [-0.15, -0.1) is 11.3 Å². The minimum atomic E-state index is -3.11. The Morgan fingerprint density at radius 3 is 2.82 bits per heavy atom. The number of benzene rings is 1. The Kier molecular flexibility index (Phi) is 5.46. The monoisotopic (exact) mass is 326 g/mol. The van der Waals surface area contributed by atoms with Crippen LogP contribution in [0.3, 0.4) is 0 Å². The summed E-state index contributed by atoms with van der Waals surface area (Å²) in [6.07, 6.45) is 0. The Balaban J connectivity index is 1.94. The topological polar surface area (TPSA) is 64.3 Å². The minimum absolute atomic E-state index is 0.261. The van der Waals surface area contributed by atoms with E-state index in [-0.39, 0.29) is 5.56 Å². The number of nitrogens with one attached hydrogen (secondary N) is 1. The smallest absolute Gasteiger partial charge is 0.277 e. The number of carbonyl (C=O) groups excluding carboxylic acids is 1. The Hall–Kier alpha value is -1.99. The molecule has 4 nitrogen and oxygen atoms in total. The molecule has 1 aromatic heterocycles. The van der Waals surface area contributed by atoms with Gasteiger partial charge in [0.25, 0.3) is 11.8 Å². The fourth-order valence-electron chi connectivity index (χ4n) is 1.66. The van der Waals surface area contributed by atoms with Crippen molar-refractivity contribution in [1.82, 2.24) is 5.32 Å². The summed E-state index contributed by atoms with van der Waals surface area (Å²) in [4.78, 5) is 12.9. The molecule has 1 amide bonds. The number of carbonyl (C=O) groups is 1. The third-order valence-electron chi connectivity index (χ3n) is 2.86. The molecule has 0 spiro atoms. The zero-order valence-corrected chi connectivity index (χ0v) is 12.5. The average molecular weight is 326 g/mol. The first-order valence-electron chi connectivity index (χ1n) is 6.61. The molecular weight excluding hydrogens is 310 g/mol. The number of rotatable bonds is 7. The van der Waals surface area contributed by atoms with E-state index >= 15 is 0 Å². The van der Waals surface area contributed by atoms with E-state index in [1.54, 1.807) is 23.5 Å². The lowest BCUT2D eigenvalue weighted by atomic mass is 10.2. The van der Waals surface area contributed by atoms with Crippen LogP contribution in [0.2, 0.25) is 0 Å². The van der Waals surface area contributed by atoms with Gasteiger partial charge in [-0.25, -0.2) is 8.78 Å². The third-order valence-corrected chi connectivity index (χ3v) is 3.71. The molecule has 7 heteroatoms. The molecule has 0 saturated carbocycles. The molecule has 0 radical (unpaired) electrons. The van der Waals surface area contributed by atoms with Crippen molar-refractivity contribution in [1.29, 1.82) is 0 Å². The molecule has 3 N–H and O–H groups in total. The van der Waals surface area contributed by atoms with Gasteiger partial charge in [0.2, 0.25) is 0 Å². The van der Waals surface area contributed by atoms with Crippen LogP contribution in [0.1, 0.15) is 15.2 Å². The number of hydrogen-bond acceptors (Lipinski definition) is 4. The zero-order valence-electron chi connectivity index (χ0n) is 11.7. The fourth-order valence-corrected chi connectivity index (χ4v) is 2.28. The first kappa shape index (κ1) is 16.4. The summed E-state index contributed by atoms with van der Waals surface area (Å²) in [5.74, 6) is -3.19. The molecule has 0 aliphatic heterocycles. The van der Waals surface area contributed by atoms with E-state index in [4.69, 9.17) is 10.5 Å². The maximum atomic E-state index is 13.0. The van der Waals surface area contributed by atoms with E-state index in [1.807, 2.05) is 17.5 Å². The van der Waals surface area contributed by atoms with Crippen LogP contribution in [-0.4, -0.2) is 24.9 Å². The van der Waals surface area contributed by atoms with Gasteiger partial charge in [0, 0.05) is 10.4 Å². The van der Waals surface area contributed by atoms with E-state index in [9.17, 15) is 13.6 Å².